The molecule has 94 valence electrons. The van der Waals surface area contributed by atoms with Crippen molar-refractivity contribution >= 4 is 17.3 Å². The molecule has 4 nitrogen and oxygen atoms in total. The van der Waals surface area contributed by atoms with Crippen molar-refractivity contribution in [3.63, 3.8) is 0 Å². The molecule has 1 fully saturated rings. The smallest absolute Gasteiger partial charge is 0.345 e. The van der Waals surface area contributed by atoms with E-state index in [9.17, 15) is 4.79 Å². The topological polar surface area (TPSA) is 49.8 Å². The second-order valence-corrected chi connectivity index (χ2v) is 5.38. The Morgan fingerprint density at radius 3 is 3.12 bits per heavy atom. The number of thiophene rings is 1. The number of carboxylic acid groups (broad SMARTS) is 1. The molecule has 1 aromatic heterocycles. The van der Waals surface area contributed by atoms with Crippen LogP contribution in [-0.2, 0) is 11.3 Å². The molecule has 0 aromatic carbocycles. The van der Waals surface area contributed by atoms with Crippen molar-refractivity contribution in [3.8, 4) is 0 Å². The largest absolute Gasteiger partial charge is 0.477 e. The Morgan fingerprint density at radius 1 is 1.65 bits per heavy atom. The predicted molar refractivity (Wildman–Crippen MR) is 66.6 cm³/mol. The summed E-state index contributed by atoms with van der Waals surface area (Å²) in [6, 6.07) is 3.59. The van der Waals surface area contributed by atoms with E-state index < -0.39 is 5.97 Å². The molecule has 1 aliphatic rings. The third-order valence-electron chi connectivity index (χ3n) is 2.93. The minimum Gasteiger partial charge on any atom is -0.477 e. The molecule has 1 unspecified atom stereocenters. The molecule has 0 radical (unpaired) electrons. The van der Waals surface area contributed by atoms with Crippen LogP contribution in [0.2, 0.25) is 0 Å². The first kappa shape index (κ1) is 12.5. The summed E-state index contributed by atoms with van der Waals surface area (Å²) >= 11 is 1.36. The van der Waals surface area contributed by atoms with Gasteiger partial charge in [0.2, 0.25) is 0 Å². The van der Waals surface area contributed by atoms with E-state index in [1.165, 1.54) is 11.3 Å². The molecular weight excluding hydrogens is 238 g/mol. The van der Waals surface area contributed by atoms with Crippen molar-refractivity contribution in [1.29, 1.82) is 0 Å². The summed E-state index contributed by atoms with van der Waals surface area (Å²) in [5.74, 6) is -0.838. The highest BCUT2D eigenvalue weighted by molar-refractivity contribution is 7.13. The monoisotopic (exact) mass is 255 g/mol. The highest BCUT2D eigenvalue weighted by atomic mass is 32.1. The first-order valence-corrected chi connectivity index (χ1v) is 6.66. The maximum absolute atomic E-state index is 10.8. The number of morpholine rings is 1. The summed E-state index contributed by atoms with van der Waals surface area (Å²) in [4.78, 5) is 14.6. The van der Waals surface area contributed by atoms with Crippen LogP contribution >= 0.6 is 11.3 Å². The van der Waals surface area contributed by atoms with Gasteiger partial charge >= 0.3 is 5.97 Å². The lowest BCUT2D eigenvalue weighted by molar-refractivity contribution is -0.0321. The molecular formula is C12H17NO3S. The molecule has 0 amide bonds. The van der Waals surface area contributed by atoms with E-state index in [0.717, 1.165) is 37.5 Å². The van der Waals surface area contributed by atoms with Gasteiger partial charge in [-0.1, -0.05) is 6.92 Å². The number of rotatable bonds is 4. The average molecular weight is 255 g/mol. The molecule has 0 aliphatic carbocycles. The Kier molecular flexibility index (Phi) is 4.15. The molecule has 0 bridgehead atoms. The highest BCUT2D eigenvalue weighted by Gasteiger charge is 2.19. The Bertz CT molecular complexity index is 391. The van der Waals surface area contributed by atoms with Crippen LogP contribution in [0.5, 0.6) is 0 Å². The minimum atomic E-state index is -0.838. The quantitative estimate of drug-likeness (QED) is 0.894. The summed E-state index contributed by atoms with van der Waals surface area (Å²) in [7, 11) is 0. The molecule has 1 N–H and O–H groups in total. The van der Waals surface area contributed by atoms with Gasteiger partial charge in [-0.2, -0.15) is 0 Å². The zero-order chi connectivity index (χ0) is 12.3. The molecule has 1 aromatic rings. The van der Waals surface area contributed by atoms with Crippen molar-refractivity contribution in [2.45, 2.75) is 26.0 Å². The first-order chi connectivity index (χ1) is 8.19. The van der Waals surface area contributed by atoms with Crippen LogP contribution in [-0.4, -0.2) is 41.8 Å². The number of ether oxygens (including phenoxy) is 1. The van der Waals surface area contributed by atoms with Gasteiger partial charge in [0, 0.05) is 24.5 Å². The zero-order valence-electron chi connectivity index (χ0n) is 9.89. The van der Waals surface area contributed by atoms with Gasteiger partial charge in [-0.15, -0.1) is 11.3 Å². The van der Waals surface area contributed by atoms with Gasteiger partial charge in [-0.3, -0.25) is 4.90 Å². The number of hydrogen-bond acceptors (Lipinski definition) is 4. The fourth-order valence-electron chi connectivity index (χ4n) is 1.97. The maximum atomic E-state index is 10.8. The third kappa shape index (κ3) is 3.28. The van der Waals surface area contributed by atoms with E-state index in [1.54, 1.807) is 6.07 Å². The average Bonchev–Trinajstić information content (AvgIpc) is 2.78. The summed E-state index contributed by atoms with van der Waals surface area (Å²) in [5.41, 5.74) is 0. The molecule has 2 heterocycles. The molecule has 5 heteroatoms. The van der Waals surface area contributed by atoms with E-state index in [0.29, 0.717) is 11.0 Å². The molecule has 1 atom stereocenters. The lowest BCUT2D eigenvalue weighted by Gasteiger charge is -2.32. The summed E-state index contributed by atoms with van der Waals surface area (Å²) in [6.07, 6.45) is 1.35. The standard InChI is InChI=1S/C12H17NO3S/c1-2-9-7-13(5-6-16-9)8-10-3-4-11(17-10)12(14)15/h3-4,9H,2,5-8H2,1H3,(H,14,15). The number of carboxylic acids is 1. The van der Waals surface area contributed by atoms with Crippen LogP contribution in [0.4, 0.5) is 0 Å². The fraction of sp³-hybridized carbons (Fsp3) is 0.583. The van der Waals surface area contributed by atoms with Crippen molar-refractivity contribution in [3.05, 3.63) is 21.9 Å². The van der Waals surface area contributed by atoms with Crippen LogP contribution in [0.3, 0.4) is 0 Å². The Morgan fingerprint density at radius 2 is 2.47 bits per heavy atom. The van der Waals surface area contributed by atoms with Crippen molar-refractivity contribution in [2.75, 3.05) is 19.7 Å². The third-order valence-corrected chi connectivity index (χ3v) is 3.99. The molecule has 0 saturated carbocycles. The first-order valence-electron chi connectivity index (χ1n) is 5.85. The van der Waals surface area contributed by atoms with E-state index >= 15 is 0 Å². The van der Waals surface area contributed by atoms with E-state index in [-0.39, 0.29) is 0 Å². The molecule has 17 heavy (non-hydrogen) atoms. The van der Waals surface area contributed by atoms with E-state index in [4.69, 9.17) is 9.84 Å². The Labute approximate surface area is 105 Å². The number of nitrogens with zero attached hydrogens (tertiary/aromatic N) is 1. The second kappa shape index (κ2) is 5.62. The molecule has 0 spiro atoms. The second-order valence-electron chi connectivity index (χ2n) is 4.21. The van der Waals surface area contributed by atoms with Gasteiger partial charge in [0.05, 0.1) is 12.7 Å². The number of hydrogen-bond donors (Lipinski definition) is 1. The summed E-state index contributed by atoms with van der Waals surface area (Å²) in [5, 5.41) is 8.86. The minimum absolute atomic E-state index is 0.322. The van der Waals surface area contributed by atoms with Gasteiger partial charge in [0.15, 0.2) is 0 Å². The van der Waals surface area contributed by atoms with Crippen molar-refractivity contribution in [1.82, 2.24) is 4.90 Å². The number of aromatic carboxylic acids is 1. The molecule has 1 saturated heterocycles. The Hall–Kier alpha value is -0.910. The van der Waals surface area contributed by atoms with Crippen LogP contribution in [0.25, 0.3) is 0 Å². The van der Waals surface area contributed by atoms with Gasteiger partial charge in [-0.25, -0.2) is 4.79 Å². The fourth-order valence-corrected chi connectivity index (χ4v) is 2.86. The summed E-state index contributed by atoms with van der Waals surface area (Å²) < 4.78 is 5.61. The SMILES string of the molecule is CCC1CN(Cc2ccc(C(=O)O)s2)CCO1. The lowest BCUT2D eigenvalue weighted by Crippen LogP contribution is -2.41. The van der Waals surface area contributed by atoms with Crippen molar-refractivity contribution in [2.24, 2.45) is 0 Å². The molecule has 2 rings (SSSR count). The normalized spacial score (nSPS) is 21.6. The van der Waals surface area contributed by atoms with Crippen LogP contribution in [0.15, 0.2) is 12.1 Å². The maximum Gasteiger partial charge on any atom is 0.345 e. The van der Waals surface area contributed by atoms with Crippen LogP contribution in [0.1, 0.15) is 27.9 Å². The Balaban J connectivity index is 1.93. The van der Waals surface area contributed by atoms with Gasteiger partial charge in [0.1, 0.15) is 4.88 Å². The van der Waals surface area contributed by atoms with E-state index in [1.807, 2.05) is 6.07 Å². The van der Waals surface area contributed by atoms with Crippen LogP contribution in [0, 0.1) is 0 Å². The number of carbonyl (C=O) groups is 1. The molecule has 1 aliphatic heterocycles. The van der Waals surface area contributed by atoms with E-state index in [2.05, 4.69) is 11.8 Å². The summed E-state index contributed by atoms with van der Waals surface area (Å²) in [6.45, 7) is 5.60. The van der Waals surface area contributed by atoms with Gasteiger partial charge in [-0.05, 0) is 18.6 Å². The van der Waals surface area contributed by atoms with Gasteiger partial charge in [0.25, 0.3) is 0 Å². The highest BCUT2D eigenvalue weighted by Crippen LogP contribution is 2.20. The van der Waals surface area contributed by atoms with Crippen molar-refractivity contribution < 1.29 is 14.6 Å². The van der Waals surface area contributed by atoms with Crippen LogP contribution < -0.4 is 0 Å². The zero-order valence-corrected chi connectivity index (χ0v) is 10.7. The predicted octanol–water partition coefficient (Wildman–Crippen LogP) is 2.06. The lowest BCUT2D eigenvalue weighted by atomic mass is 10.2. The van der Waals surface area contributed by atoms with Gasteiger partial charge < -0.3 is 9.84 Å².